The number of carbonyl (C=O) groups excluding carboxylic acids is 1. The highest BCUT2D eigenvalue weighted by Crippen LogP contribution is 2.18. The molecule has 1 heterocycles. The number of nitrogens with zero attached hydrogens (tertiary/aromatic N) is 1. The van der Waals surface area contributed by atoms with Crippen LogP contribution in [-0.2, 0) is 0 Å². The molecule has 1 atom stereocenters. The molecule has 0 aromatic carbocycles. The van der Waals surface area contributed by atoms with Crippen LogP contribution in [0.2, 0.25) is 0 Å². The maximum Gasteiger partial charge on any atom is 0.253 e. The lowest BCUT2D eigenvalue weighted by Gasteiger charge is -2.28. The predicted molar refractivity (Wildman–Crippen MR) is 74.6 cm³/mol. The number of aliphatic hydroxyl groups excluding tert-OH is 1. The quantitative estimate of drug-likeness (QED) is 0.794. The zero-order valence-corrected chi connectivity index (χ0v) is 11.8. The summed E-state index contributed by atoms with van der Waals surface area (Å²) in [5.41, 5.74) is 1.09. The van der Waals surface area contributed by atoms with E-state index < -0.39 is 0 Å². The van der Waals surface area contributed by atoms with Gasteiger partial charge in [0.25, 0.3) is 5.91 Å². The van der Waals surface area contributed by atoms with Crippen LogP contribution in [0.5, 0.6) is 0 Å². The first-order valence-corrected chi connectivity index (χ1v) is 6.20. The van der Waals surface area contributed by atoms with Crippen molar-refractivity contribution in [1.29, 1.82) is 0 Å². The van der Waals surface area contributed by atoms with Gasteiger partial charge in [0.1, 0.15) is 6.61 Å². The van der Waals surface area contributed by atoms with Gasteiger partial charge in [-0.25, -0.2) is 0 Å². The van der Waals surface area contributed by atoms with Crippen molar-refractivity contribution in [2.45, 2.75) is 33.7 Å². The Hall–Kier alpha value is -1.86. The molecule has 4 heteroatoms. The van der Waals surface area contributed by atoms with E-state index in [1.807, 2.05) is 6.92 Å². The molecular weight excluding hydrogens is 240 g/mol. The molecule has 0 aliphatic heterocycles. The lowest BCUT2D eigenvalue weighted by Crippen LogP contribution is -2.41. The summed E-state index contributed by atoms with van der Waals surface area (Å²) in [5, 5.41) is 11.6. The molecule has 0 fully saturated rings. The van der Waals surface area contributed by atoms with Gasteiger partial charge in [0.15, 0.2) is 0 Å². The monoisotopic (exact) mass is 260 g/mol. The van der Waals surface area contributed by atoms with Gasteiger partial charge in [-0.15, -0.1) is 0 Å². The van der Waals surface area contributed by atoms with Gasteiger partial charge in [-0.05, 0) is 18.4 Å². The second kappa shape index (κ2) is 6.35. The predicted octanol–water partition coefficient (Wildman–Crippen LogP) is 1.59. The van der Waals surface area contributed by atoms with Gasteiger partial charge < -0.3 is 10.4 Å². The summed E-state index contributed by atoms with van der Waals surface area (Å²) in [7, 11) is 0. The maximum atomic E-state index is 12.1. The van der Waals surface area contributed by atoms with Crippen LogP contribution in [0, 0.1) is 17.3 Å². The number of nitrogens with one attached hydrogen (secondary N) is 1. The normalized spacial score (nSPS) is 12.3. The fourth-order valence-electron chi connectivity index (χ4n) is 1.27. The van der Waals surface area contributed by atoms with Crippen LogP contribution in [-0.4, -0.2) is 28.6 Å². The van der Waals surface area contributed by atoms with Crippen LogP contribution < -0.4 is 5.32 Å². The number of rotatable bonds is 2. The third-order valence-corrected chi connectivity index (χ3v) is 2.96. The standard InChI is InChI=1S/C15H20N2O2/c1-11(15(2,3)4)17-14(19)13-8-12(6-5-7-18)9-16-10-13/h8-11,18H,7H2,1-4H3,(H,17,19). The van der Waals surface area contributed by atoms with Crippen LogP contribution in [0.4, 0.5) is 0 Å². The molecule has 0 radical (unpaired) electrons. The smallest absolute Gasteiger partial charge is 0.253 e. The Bertz CT molecular complexity index is 507. The summed E-state index contributed by atoms with van der Waals surface area (Å²) in [6.07, 6.45) is 3.07. The molecular formula is C15H20N2O2. The molecule has 0 aliphatic rings. The molecule has 102 valence electrons. The molecule has 0 aliphatic carbocycles. The number of hydrogen-bond acceptors (Lipinski definition) is 3. The topological polar surface area (TPSA) is 62.2 Å². The molecule has 0 bridgehead atoms. The van der Waals surface area contributed by atoms with Crippen LogP contribution >= 0.6 is 0 Å². The van der Waals surface area contributed by atoms with Crippen molar-refractivity contribution >= 4 is 5.91 Å². The lowest BCUT2D eigenvalue weighted by molar-refractivity contribution is 0.0909. The third-order valence-electron chi connectivity index (χ3n) is 2.96. The molecule has 4 nitrogen and oxygen atoms in total. The molecule has 1 amide bonds. The molecule has 2 N–H and O–H groups in total. The van der Waals surface area contributed by atoms with Gasteiger partial charge in [0.2, 0.25) is 0 Å². The fourth-order valence-corrected chi connectivity index (χ4v) is 1.27. The van der Waals surface area contributed by atoms with Gasteiger partial charge in [0.05, 0.1) is 5.56 Å². The molecule has 1 rings (SSSR count). The summed E-state index contributed by atoms with van der Waals surface area (Å²) in [6, 6.07) is 1.72. The molecule has 19 heavy (non-hydrogen) atoms. The molecule has 1 aromatic rings. The van der Waals surface area contributed by atoms with Crippen LogP contribution in [0.1, 0.15) is 43.6 Å². The molecule has 1 aromatic heterocycles. The second-order valence-corrected chi connectivity index (χ2v) is 5.48. The Labute approximate surface area is 114 Å². The van der Waals surface area contributed by atoms with Gasteiger partial charge in [-0.2, -0.15) is 0 Å². The van der Waals surface area contributed by atoms with E-state index in [0.29, 0.717) is 11.1 Å². The highest BCUT2D eigenvalue weighted by atomic mass is 16.2. The summed E-state index contributed by atoms with van der Waals surface area (Å²) in [4.78, 5) is 16.1. The molecule has 0 saturated carbocycles. The number of aromatic nitrogens is 1. The van der Waals surface area contributed by atoms with Crippen molar-refractivity contribution in [1.82, 2.24) is 10.3 Å². The first-order chi connectivity index (χ1) is 8.84. The molecule has 1 unspecified atom stereocenters. The van der Waals surface area contributed by atoms with Crippen molar-refractivity contribution < 1.29 is 9.90 Å². The zero-order valence-electron chi connectivity index (χ0n) is 11.8. The van der Waals surface area contributed by atoms with Crippen LogP contribution in [0.25, 0.3) is 0 Å². The summed E-state index contributed by atoms with van der Waals surface area (Å²) in [5.74, 6) is 5.10. The number of carbonyl (C=O) groups is 1. The SMILES string of the molecule is CC(NC(=O)c1cncc(C#CCO)c1)C(C)(C)C. The summed E-state index contributed by atoms with van der Waals surface area (Å²) in [6.45, 7) is 7.97. The molecule has 0 spiro atoms. The third kappa shape index (κ3) is 4.72. The zero-order chi connectivity index (χ0) is 14.5. The van der Waals surface area contributed by atoms with Crippen molar-refractivity contribution in [3.63, 3.8) is 0 Å². The van der Waals surface area contributed by atoms with E-state index in [1.165, 1.54) is 6.20 Å². The van der Waals surface area contributed by atoms with Gasteiger partial charge in [0, 0.05) is 24.0 Å². The van der Waals surface area contributed by atoms with Crippen molar-refractivity contribution in [3.8, 4) is 11.8 Å². The van der Waals surface area contributed by atoms with Crippen LogP contribution in [0.15, 0.2) is 18.5 Å². The van der Waals surface area contributed by atoms with E-state index in [-0.39, 0.29) is 24.0 Å². The Kier molecular flexibility index (Phi) is 5.08. The van der Waals surface area contributed by atoms with Crippen molar-refractivity contribution in [2.75, 3.05) is 6.61 Å². The first kappa shape index (κ1) is 15.2. The second-order valence-electron chi connectivity index (χ2n) is 5.48. The lowest BCUT2D eigenvalue weighted by atomic mass is 9.88. The Morgan fingerprint density at radius 1 is 1.47 bits per heavy atom. The van der Waals surface area contributed by atoms with Crippen molar-refractivity contribution in [2.24, 2.45) is 5.41 Å². The Morgan fingerprint density at radius 2 is 2.16 bits per heavy atom. The highest BCUT2D eigenvalue weighted by molar-refractivity contribution is 5.94. The summed E-state index contributed by atoms with van der Waals surface area (Å²) >= 11 is 0. The highest BCUT2D eigenvalue weighted by Gasteiger charge is 2.22. The fraction of sp³-hybridized carbons (Fsp3) is 0.467. The minimum atomic E-state index is -0.211. The maximum absolute atomic E-state index is 12.1. The van der Waals surface area contributed by atoms with Gasteiger partial charge >= 0.3 is 0 Å². The van der Waals surface area contributed by atoms with E-state index in [2.05, 4.69) is 42.9 Å². The Morgan fingerprint density at radius 3 is 2.74 bits per heavy atom. The minimum absolute atomic E-state index is 0.00259. The summed E-state index contributed by atoms with van der Waals surface area (Å²) < 4.78 is 0. The van der Waals surface area contributed by atoms with E-state index in [1.54, 1.807) is 12.3 Å². The average Bonchev–Trinajstić information content (AvgIpc) is 2.35. The van der Waals surface area contributed by atoms with Gasteiger partial charge in [-0.3, -0.25) is 9.78 Å². The van der Waals surface area contributed by atoms with E-state index in [4.69, 9.17) is 5.11 Å². The Balaban J connectivity index is 2.83. The number of aliphatic hydroxyl groups is 1. The minimum Gasteiger partial charge on any atom is -0.384 e. The molecule has 0 saturated heterocycles. The largest absolute Gasteiger partial charge is 0.384 e. The van der Waals surface area contributed by atoms with E-state index in [0.717, 1.165) is 0 Å². The van der Waals surface area contributed by atoms with Crippen molar-refractivity contribution in [3.05, 3.63) is 29.6 Å². The average molecular weight is 260 g/mol. The number of pyridine rings is 1. The first-order valence-electron chi connectivity index (χ1n) is 6.20. The van der Waals surface area contributed by atoms with E-state index in [9.17, 15) is 4.79 Å². The van der Waals surface area contributed by atoms with E-state index >= 15 is 0 Å². The number of amides is 1. The van der Waals surface area contributed by atoms with Gasteiger partial charge in [-0.1, -0.05) is 32.6 Å². The number of hydrogen-bond donors (Lipinski definition) is 2. The van der Waals surface area contributed by atoms with Crippen LogP contribution in [0.3, 0.4) is 0 Å².